The highest BCUT2D eigenvalue weighted by molar-refractivity contribution is 6.31. The topological polar surface area (TPSA) is 44.9 Å². The van der Waals surface area contributed by atoms with Crippen molar-refractivity contribution in [1.29, 1.82) is 0 Å². The van der Waals surface area contributed by atoms with Crippen LogP contribution in [0.4, 0.5) is 5.82 Å². The third kappa shape index (κ3) is 2.78. The second-order valence-corrected chi connectivity index (χ2v) is 5.39. The zero-order valence-electron chi connectivity index (χ0n) is 11.6. The number of benzene rings is 2. The van der Waals surface area contributed by atoms with Gasteiger partial charge in [-0.15, -0.1) is 0 Å². The Hall–Kier alpha value is -2.26. The van der Waals surface area contributed by atoms with Crippen LogP contribution in [0.3, 0.4) is 0 Å². The van der Waals surface area contributed by atoms with E-state index in [1.54, 1.807) is 0 Å². The van der Waals surface area contributed by atoms with Crippen LogP contribution in [-0.4, -0.2) is 4.98 Å². The second-order valence-electron chi connectivity index (χ2n) is 4.99. The van der Waals surface area contributed by atoms with Gasteiger partial charge in [0.1, 0.15) is 5.82 Å². The van der Waals surface area contributed by atoms with Crippen molar-refractivity contribution in [3.05, 3.63) is 75.5 Å². The molecule has 21 heavy (non-hydrogen) atoms. The Kier molecular flexibility index (Phi) is 3.67. The maximum absolute atomic E-state index is 12.1. The van der Waals surface area contributed by atoms with Gasteiger partial charge < -0.3 is 10.3 Å². The van der Waals surface area contributed by atoms with Crippen molar-refractivity contribution in [3.8, 4) is 0 Å². The standard InChI is InChI=1S/C17H15ClN2O/c1-11(13-7-4-5-9-15(13)18)19-16-10-12-6-2-3-8-14(12)17(21)20-16/h2-11H,1H3,(H2,19,20,21). The molecule has 0 amide bonds. The van der Waals surface area contributed by atoms with E-state index >= 15 is 0 Å². The molecule has 2 N–H and O–H groups in total. The van der Waals surface area contributed by atoms with Crippen LogP contribution >= 0.6 is 11.6 Å². The fraction of sp³-hybridized carbons (Fsp3) is 0.118. The Morgan fingerprint density at radius 2 is 1.81 bits per heavy atom. The normalized spacial score (nSPS) is 12.3. The van der Waals surface area contributed by atoms with Gasteiger partial charge in [0, 0.05) is 10.4 Å². The minimum absolute atomic E-state index is 0.00416. The Morgan fingerprint density at radius 1 is 1.10 bits per heavy atom. The summed E-state index contributed by atoms with van der Waals surface area (Å²) in [5.41, 5.74) is 0.898. The molecule has 0 saturated carbocycles. The number of fused-ring (bicyclic) bond motifs is 1. The van der Waals surface area contributed by atoms with Gasteiger partial charge in [0.2, 0.25) is 0 Å². The van der Waals surface area contributed by atoms with Gasteiger partial charge in [0.05, 0.1) is 6.04 Å². The van der Waals surface area contributed by atoms with Crippen LogP contribution in [0.25, 0.3) is 10.8 Å². The number of pyridine rings is 1. The highest BCUT2D eigenvalue weighted by Gasteiger charge is 2.10. The number of hydrogen-bond donors (Lipinski definition) is 2. The van der Waals surface area contributed by atoms with E-state index in [4.69, 9.17) is 11.6 Å². The van der Waals surface area contributed by atoms with E-state index < -0.39 is 0 Å². The molecule has 0 bridgehead atoms. The Balaban J connectivity index is 1.95. The molecule has 0 fully saturated rings. The highest BCUT2D eigenvalue weighted by Crippen LogP contribution is 2.25. The lowest BCUT2D eigenvalue weighted by molar-refractivity contribution is 0.874. The van der Waals surface area contributed by atoms with Crippen molar-refractivity contribution < 1.29 is 0 Å². The molecule has 0 saturated heterocycles. The Bertz CT molecular complexity index is 841. The van der Waals surface area contributed by atoms with Crippen LogP contribution < -0.4 is 10.9 Å². The van der Waals surface area contributed by atoms with E-state index in [-0.39, 0.29) is 11.6 Å². The molecule has 0 aliphatic rings. The quantitative estimate of drug-likeness (QED) is 0.755. The summed E-state index contributed by atoms with van der Waals surface area (Å²) in [4.78, 5) is 14.9. The molecule has 3 rings (SSSR count). The average molecular weight is 299 g/mol. The summed E-state index contributed by atoms with van der Waals surface area (Å²) in [5.74, 6) is 0.686. The molecule has 4 heteroatoms. The SMILES string of the molecule is CC(Nc1cc2ccccc2c(=O)[nH]1)c1ccccc1Cl. The fourth-order valence-electron chi connectivity index (χ4n) is 2.43. The second kappa shape index (κ2) is 5.62. The van der Waals surface area contributed by atoms with E-state index in [0.29, 0.717) is 16.2 Å². The maximum atomic E-state index is 12.1. The van der Waals surface area contributed by atoms with Gasteiger partial charge in [-0.25, -0.2) is 0 Å². The first kappa shape index (κ1) is 13.7. The number of halogens is 1. The molecule has 106 valence electrons. The van der Waals surface area contributed by atoms with Crippen molar-refractivity contribution >= 4 is 28.2 Å². The third-order valence-corrected chi connectivity index (χ3v) is 3.84. The lowest BCUT2D eigenvalue weighted by Gasteiger charge is -2.17. The summed E-state index contributed by atoms with van der Waals surface area (Å²) in [6.45, 7) is 2.01. The molecule has 0 aliphatic heterocycles. The molecule has 1 unspecified atom stereocenters. The summed E-state index contributed by atoms with van der Waals surface area (Å²) < 4.78 is 0. The number of aromatic nitrogens is 1. The molecule has 1 heterocycles. The molecule has 1 atom stereocenters. The highest BCUT2D eigenvalue weighted by atomic mass is 35.5. The summed E-state index contributed by atoms with van der Waals surface area (Å²) in [5, 5.41) is 5.60. The smallest absolute Gasteiger partial charge is 0.257 e. The van der Waals surface area contributed by atoms with Crippen LogP contribution in [0.15, 0.2) is 59.4 Å². The average Bonchev–Trinajstić information content (AvgIpc) is 2.47. The van der Waals surface area contributed by atoms with E-state index in [2.05, 4.69) is 10.3 Å². The number of rotatable bonds is 3. The van der Waals surface area contributed by atoms with Crippen LogP contribution in [-0.2, 0) is 0 Å². The number of nitrogens with one attached hydrogen (secondary N) is 2. The monoisotopic (exact) mass is 298 g/mol. The minimum atomic E-state index is -0.0954. The van der Waals surface area contributed by atoms with Crippen molar-refractivity contribution in [3.63, 3.8) is 0 Å². The summed E-state index contributed by atoms with van der Waals surface area (Å²) in [6, 6.07) is 17.1. The van der Waals surface area contributed by atoms with Gasteiger partial charge in [-0.05, 0) is 36.1 Å². The largest absolute Gasteiger partial charge is 0.365 e. The first-order valence-corrected chi connectivity index (χ1v) is 7.16. The molecule has 0 radical (unpaired) electrons. The predicted octanol–water partition coefficient (Wildman–Crippen LogP) is 4.35. The zero-order valence-corrected chi connectivity index (χ0v) is 12.3. The number of hydrogen-bond acceptors (Lipinski definition) is 2. The first-order valence-electron chi connectivity index (χ1n) is 6.78. The van der Waals surface area contributed by atoms with Crippen molar-refractivity contribution in [2.75, 3.05) is 5.32 Å². The van der Waals surface area contributed by atoms with Crippen molar-refractivity contribution in [2.24, 2.45) is 0 Å². The van der Waals surface area contributed by atoms with E-state index in [0.717, 1.165) is 10.9 Å². The van der Waals surface area contributed by atoms with Gasteiger partial charge in [-0.3, -0.25) is 4.79 Å². The van der Waals surface area contributed by atoms with Crippen LogP contribution in [0, 0.1) is 0 Å². The van der Waals surface area contributed by atoms with Gasteiger partial charge in [-0.1, -0.05) is 48.0 Å². The minimum Gasteiger partial charge on any atom is -0.365 e. The van der Waals surface area contributed by atoms with Gasteiger partial charge in [-0.2, -0.15) is 0 Å². The first-order chi connectivity index (χ1) is 10.1. The molecule has 0 aliphatic carbocycles. The van der Waals surface area contributed by atoms with Crippen molar-refractivity contribution in [1.82, 2.24) is 4.98 Å². The van der Waals surface area contributed by atoms with Gasteiger partial charge >= 0.3 is 0 Å². The van der Waals surface area contributed by atoms with Crippen LogP contribution in [0.5, 0.6) is 0 Å². The van der Waals surface area contributed by atoms with E-state index in [1.807, 2.05) is 61.5 Å². The van der Waals surface area contributed by atoms with Gasteiger partial charge in [0.25, 0.3) is 5.56 Å². The Labute approximate surface area is 127 Å². The molecule has 3 nitrogen and oxygen atoms in total. The summed E-state index contributed by atoms with van der Waals surface area (Å²) >= 11 is 6.20. The maximum Gasteiger partial charge on any atom is 0.257 e. The number of anilines is 1. The summed E-state index contributed by atoms with van der Waals surface area (Å²) in [6.07, 6.45) is 0. The fourth-order valence-corrected chi connectivity index (χ4v) is 2.73. The third-order valence-electron chi connectivity index (χ3n) is 3.50. The van der Waals surface area contributed by atoms with Crippen LogP contribution in [0.1, 0.15) is 18.5 Å². The van der Waals surface area contributed by atoms with Crippen LogP contribution in [0.2, 0.25) is 5.02 Å². The summed E-state index contributed by atoms with van der Waals surface area (Å²) in [7, 11) is 0. The van der Waals surface area contributed by atoms with Crippen molar-refractivity contribution in [2.45, 2.75) is 13.0 Å². The molecular formula is C17H15ClN2O. The lowest BCUT2D eigenvalue weighted by atomic mass is 10.1. The Morgan fingerprint density at radius 3 is 2.62 bits per heavy atom. The molecular weight excluding hydrogens is 284 g/mol. The lowest BCUT2D eigenvalue weighted by Crippen LogP contribution is -2.13. The molecule has 3 aromatic rings. The molecule has 0 spiro atoms. The predicted molar refractivity (Wildman–Crippen MR) is 88.1 cm³/mol. The molecule has 1 aromatic heterocycles. The zero-order chi connectivity index (χ0) is 14.8. The van der Waals surface area contributed by atoms with E-state index in [1.165, 1.54) is 0 Å². The number of H-pyrrole nitrogens is 1. The van der Waals surface area contributed by atoms with E-state index in [9.17, 15) is 4.79 Å². The van der Waals surface area contributed by atoms with Gasteiger partial charge in [0.15, 0.2) is 0 Å². The molecule has 2 aromatic carbocycles. The number of aromatic amines is 1.